The van der Waals surface area contributed by atoms with Gasteiger partial charge in [-0.1, -0.05) is 35.9 Å². The number of carboxylic acids is 1. The van der Waals surface area contributed by atoms with E-state index in [4.69, 9.17) is 5.11 Å². The molecule has 3 heteroatoms. The average molecular weight is 260 g/mol. The first-order valence-electron chi connectivity index (χ1n) is 5.45. The van der Waals surface area contributed by atoms with Gasteiger partial charge in [0.05, 0.1) is 5.92 Å². The molecule has 0 aliphatic heterocycles. The van der Waals surface area contributed by atoms with Gasteiger partial charge in [0.1, 0.15) is 0 Å². The van der Waals surface area contributed by atoms with E-state index in [0.717, 1.165) is 12.0 Å². The van der Waals surface area contributed by atoms with Gasteiger partial charge in [-0.25, -0.2) is 0 Å². The Balaban J connectivity index is 0.00000256. The van der Waals surface area contributed by atoms with Crippen LogP contribution in [0.3, 0.4) is 0 Å². The monoisotopic (exact) mass is 260 g/mol. The Morgan fingerprint density at radius 3 is 2.24 bits per heavy atom. The van der Waals surface area contributed by atoms with E-state index in [9.17, 15) is 4.79 Å². The van der Waals surface area contributed by atoms with E-state index < -0.39 is 11.9 Å². The molecule has 17 heavy (non-hydrogen) atoms. The summed E-state index contributed by atoms with van der Waals surface area (Å²) in [4.78, 5) is 10.8. The second-order valence-corrected chi connectivity index (χ2v) is 4.29. The third-order valence-corrected chi connectivity index (χ3v) is 2.60. The minimum absolute atomic E-state index is 0. The number of carbonyl (C=O) groups is 1. The van der Waals surface area contributed by atoms with E-state index in [-0.39, 0.29) is 37.7 Å². The van der Waals surface area contributed by atoms with E-state index in [0.29, 0.717) is 0 Å². The van der Waals surface area contributed by atoms with E-state index >= 15 is 0 Å². The number of hydrogen-bond donors (Lipinski definition) is 1. The van der Waals surface area contributed by atoms with Gasteiger partial charge in [0.15, 0.2) is 0 Å². The fourth-order valence-corrected chi connectivity index (χ4v) is 1.41. The summed E-state index contributed by atoms with van der Waals surface area (Å²) >= 11 is 0. The van der Waals surface area contributed by atoms with Crippen molar-refractivity contribution in [2.45, 2.75) is 33.1 Å². The first-order valence-corrected chi connectivity index (χ1v) is 5.45. The van der Waals surface area contributed by atoms with Crippen LogP contribution in [0.15, 0.2) is 35.9 Å². The topological polar surface area (TPSA) is 37.3 Å². The van der Waals surface area contributed by atoms with Crippen molar-refractivity contribution in [1.82, 2.24) is 0 Å². The molecule has 1 rings (SSSR count). The van der Waals surface area contributed by atoms with Crippen LogP contribution in [0.25, 0.3) is 0 Å². The summed E-state index contributed by atoms with van der Waals surface area (Å²) in [7, 11) is 0. The van der Waals surface area contributed by atoms with Crippen LogP contribution in [-0.4, -0.2) is 48.8 Å². The van der Waals surface area contributed by atoms with Crippen molar-refractivity contribution in [3.05, 3.63) is 47.0 Å². The van der Waals surface area contributed by atoms with Gasteiger partial charge in [0, 0.05) is 0 Å². The maximum absolute atomic E-state index is 10.8. The number of benzene rings is 1. The molecule has 0 heterocycles. The van der Waals surface area contributed by atoms with Gasteiger partial charge < -0.3 is 5.11 Å². The quantitative estimate of drug-likeness (QED) is 0.667. The molecule has 0 aliphatic carbocycles. The number of aliphatic carboxylic acids is 1. The summed E-state index contributed by atoms with van der Waals surface area (Å²) in [5.41, 5.74) is 3.36. The van der Waals surface area contributed by atoms with Gasteiger partial charge >= 0.3 is 43.7 Å². The van der Waals surface area contributed by atoms with Crippen LogP contribution < -0.4 is 0 Å². The van der Waals surface area contributed by atoms with Crippen LogP contribution in [0.1, 0.15) is 37.8 Å². The minimum atomic E-state index is -0.781. The van der Waals surface area contributed by atoms with Crippen LogP contribution in [0.5, 0.6) is 0 Å². The molecule has 0 amide bonds. The number of carboxylic acid groups (broad SMARTS) is 1. The van der Waals surface area contributed by atoms with Crippen LogP contribution in [0.4, 0.5) is 0 Å². The molecule has 0 bridgehead atoms. The Morgan fingerprint density at radius 2 is 1.82 bits per heavy atom. The van der Waals surface area contributed by atoms with Crippen molar-refractivity contribution in [3.63, 3.8) is 0 Å². The van der Waals surface area contributed by atoms with Crippen molar-refractivity contribution >= 4 is 43.7 Å². The van der Waals surface area contributed by atoms with E-state index in [1.807, 2.05) is 24.3 Å². The SMILES string of the molecule is CC(C)=CCc1ccc(C(C)C(=O)O)cc1.[CaH2]. The van der Waals surface area contributed by atoms with Gasteiger partial charge in [-0.3, -0.25) is 4.79 Å². The number of hydrogen-bond acceptors (Lipinski definition) is 1. The first kappa shape index (κ1) is 16.7. The Labute approximate surface area is 133 Å². The molecule has 1 aromatic rings. The molecule has 1 N–H and O–H groups in total. The Hall–Kier alpha value is -0.310. The van der Waals surface area contributed by atoms with Crippen LogP contribution in [0, 0.1) is 0 Å². The fraction of sp³-hybridized carbons (Fsp3) is 0.357. The second kappa shape index (κ2) is 7.91. The van der Waals surface area contributed by atoms with Crippen LogP contribution in [0.2, 0.25) is 0 Å². The molecule has 0 aromatic heterocycles. The van der Waals surface area contributed by atoms with Crippen molar-refractivity contribution < 1.29 is 9.90 Å². The summed E-state index contributed by atoms with van der Waals surface area (Å²) in [5, 5.41) is 8.87. The molecule has 2 nitrogen and oxygen atoms in total. The standard InChI is InChI=1S/C14H18O2.Ca.2H/c1-10(2)4-5-12-6-8-13(9-7-12)11(3)14(15)16;;;/h4,6-9,11H,5H2,1-3H3,(H,15,16);;;. The van der Waals surface area contributed by atoms with E-state index in [1.54, 1.807) is 6.92 Å². The molecule has 90 valence electrons. The molecule has 0 saturated heterocycles. The molecule has 0 fully saturated rings. The third kappa shape index (κ3) is 5.71. The Morgan fingerprint density at radius 1 is 1.29 bits per heavy atom. The van der Waals surface area contributed by atoms with Gasteiger partial charge in [-0.05, 0) is 38.3 Å². The molecule has 0 radical (unpaired) electrons. The molecule has 0 spiro atoms. The first-order chi connectivity index (χ1) is 7.50. The summed E-state index contributed by atoms with van der Waals surface area (Å²) in [5.74, 6) is -1.21. The fourth-order valence-electron chi connectivity index (χ4n) is 1.41. The summed E-state index contributed by atoms with van der Waals surface area (Å²) in [6.07, 6.45) is 3.07. The zero-order valence-corrected chi connectivity index (χ0v) is 10.0. The van der Waals surface area contributed by atoms with Crippen LogP contribution in [-0.2, 0) is 11.2 Å². The summed E-state index contributed by atoms with van der Waals surface area (Å²) in [6, 6.07) is 7.78. The maximum atomic E-state index is 10.8. The van der Waals surface area contributed by atoms with Crippen molar-refractivity contribution in [2.75, 3.05) is 0 Å². The van der Waals surface area contributed by atoms with Crippen LogP contribution >= 0.6 is 0 Å². The molecule has 0 saturated carbocycles. The predicted octanol–water partition coefficient (Wildman–Crippen LogP) is 2.47. The average Bonchev–Trinajstić information content (AvgIpc) is 2.26. The predicted molar refractivity (Wildman–Crippen MR) is 74.2 cm³/mol. The molecular formula is C14H20CaO2. The van der Waals surface area contributed by atoms with Gasteiger partial charge in [0.25, 0.3) is 0 Å². The van der Waals surface area contributed by atoms with E-state index in [2.05, 4.69) is 19.9 Å². The van der Waals surface area contributed by atoms with Crippen molar-refractivity contribution in [1.29, 1.82) is 0 Å². The van der Waals surface area contributed by atoms with Crippen molar-refractivity contribution in [3.8, 4) is 0 Å². The number of allylic oxidation sites excluding steroid dienone is 2. The van der Waals surface area contributed by atoms with Crippen molar-refractivity contribution in [2.24, 2.45) is 0 Å². The van der Waals surface area contributed by atoms with Gasteiger partial charge in [-0.2, -0.15) is 0 Å². The molecule has 1 aromatic carbocycles. The third-order valence-electron chi connectivity index (χ3n) is 2.60. The normalized spacial score (nSPS) is 11.2. The van der Waals surface area contributed by atoms with Gasteiger partial charge in [0.2, 0.25) is 0 Å². The summed E-state index contributed by atoms with van der Waals surface area (Å²) < 4.78 is 0. The zero-order valence-electron chi connectivity index (χ0n) is 10.0. The summed E-state index contributed by atoms with van der Waals surface area (Å²) in [6.45, 7) is 5.84. The Kier molecular flexibility index (Phi) is 7.76. The number of rotatable bonds is 4. The zero-order chi connectivity index (χ0) is 12.1. The second-order valence-electron chi connectivity index (χ2n) is 4.29. The Bertz CT molecular complexity index is 389. The molecule has 0 aliphatic rings. The van der Waals surface area contributed by atoms with E-state index in [1.165, 1.54) is 11.1 Å². The van der Waals surface area contributed by atoms with Gasteiger partial charge in [-0.15, -0.1) is 0 Å². The molecular weight excluding hydrogens is 240 g/mol. The molecule has 1 unspecified atom stereocenters. The molecule has 1 atom stereocenters.